The van der Waals surface area contributed by atoms with Crippen LogP contribution in [0.2, 0.25) is 0 Å². The molecule has 0 saturated carbocycles. The number of nitrogens with zero attached hydrogens (tertiary/aromatic N) is 3. The van der Waals surface area contributed by atoms with Crippen LogP contribution in [0, 0.1) is 6.92 Å². The van der Waals surface area contributed by atoms with Crippen molar-refractivity contribution < 1.29 is 9.30 Å². The normalized spacial score (nSPS) is 11.1. The number of ether oxygens (including phenoxy) is 1. The Balaban J connectivity index is 1.65. The number of hydrogen-bond donors (Lipinski definition) is 2. The van der Waals surface area contributed by atoms with Gasteiger partial charge in [-0.1, -0.05) is 46.4 Å². The standard InChI is InChI=1S/C21H21N5OS/c1-14-8-9-16(27-2)17(12-14)28-21-24-18-19(22)23-13-26(20(18)25-21)11-10-15-6-4-3-5-7-15/h3-9,12-13H,10-11H2,1-2H3,(H2,22,24,25)/p+1. The molecule has 28 heavy (non-hydrogen) atoms. The van der Waals surface area contributed by atoms with E-state index in [1.807, 2.05) is 22.8 Å². The topological polar surface area (TPSA) is 80.7 Å². The molecular formula is C21H22N5OS+. The number of aromatic amines is 1. The number of hydrogen-bond acceptors (Lipinski definition) is 5. The van der Waals surface area contributed by atoms with Crippen molar-refractivity contribution >= 4 is 28.7 Å². The summed E-state index contributed by atoms with van der Waals surface area (Å²) in [5, 5.41) is 0.757. The highest BCUT2D eigenvalue weighted by Gasteiger charge is 2.20. The molecule has 0 aliphatic rings. The number of nitrogens with two attached hydrogens (primary N) is 1. The minimum absolute atomic E-state index is 0.446. The molecule has 4 aromatic rings. The summed E-state index contributed by atoms with van der Waals surface area (Å²) in [6.07, 6.45) is 2.65. The Kier molecular flexibility index (Phi) is 5.16. The molecule has 0 aliphatic carbocycles. The van der Waals surface area contributed by atoms with Gasteiger partial charge in [-0.2, -0.15) is 0 Å². The van der Waals surface area contributed by atoms with E-state index in [1.165, 1.54) is 22.9 Å². The predicted octanol–water partition coefficient (Wildman–Crippen LogP) is 3.54. The summed E-state index contributed by atoms with van der Waals surface area (Å²) in [6, 6.07) is 16.5. The molecule has 0 unspecified atom stereocenters. The van der Waals surface area contributed by atoms with Crippen LogP contribution in [-0.2, 0) is 13.0 Å². The van der Waals surface area contributed by atoms with E-state index in [9.17, 15) is 0 Å². The number of H-pyrrole nitrogens is 1. The number of nitrogens with one attached hydrogen (secondary N) is 1. The van der Waals surface area contributed by atoms with Crippen molar-refractivity contribution in [2.24, 2.45) is 0 Å². The van der Waals surface area contributed by atoms with E-state index in [0.29, 0.717) is 5.82 Å². The molecule has 3 N–H and O–H groups in total. The van der Waals surface area contributed by atoms with Gasteiger partial charge in [0.1, 0.15) is 5.75 Å². The fourth-order valence-corrected chi connectivity index (χ4v) is 4.04. The molecule has 0 amide bonds. The molecule has 0 saturated heterocycles. The maximum absolute atomic E-state index is 6.09. The summed E-state index contributed by atoms with van der Waals surface area (Å²) in [5.74, 6) is 1.26. The molecule has 0 aliphatic heterocycles. The number of anilines is 1. The number of aryl methyl sites for hydroxylation is 3. The van der Waals surface area contributed by atoms with Crippen molar-refractivity contribution in [3.05, 3.63) is 66.0 Å². The maximum atomic E-state index is 6.09. The monoisotopic (exact) mass is 392 g/mol. The van der Waals surface area contributed by atoms with Gasteiger partial charge in [0.25, 0.3) is 5.65 Å². The minimum atomic E-state index is 0.446. The van der Waals surface area contributed by atoms with Crippen LogP contribution in [0.3, 0.4) is 0 Å². The highest BCUT2D eigenvalue weighted by atomic mass is 32.2. The SMILES string of the molecule is COc1ccc(C)cc1Sc1nc2c([nH]1)c(N)nc[n+]2CCc1ccccc1. The van der Waals surface area contributed by atoms with E-state index >= 15 is 0 Å². The molecule has 0 radical (unpaired) electrons. The molecule has 7 heteroatoms. The Hall–Kier alpha value is -3.06. The third-order valence-electron chi connectivity index (χ3n) is 4.54. The lowest BCUT2D eigenvalue weighted by Gasteiger charge is -2.06. The zero-order chi connectivity index (χ0) is 19.5. The molecule has 142 valence electrons. The lowest BCUT2D eigenvalue weighted by Crippen LogP contribution is -2.36. The Morgan fingerprint density at radius 1 is 1.18 bits per heavy atom. The van der Waals surface area contributed by atoms with E-state index in [4.69, 9.17) is 15.5 Å². The van der Waals surface area contributed by atoms with E-state index in [-0.39, 0.29) is 0 Å². The van der Waals surface area contributed by atoms with Crippen LogP contribution in [-0.4, -0.2) is 22.1 Å². The molecule has 2 heterocycles. The van der Waals surface area contributed by atoms with Crippen molar-refractivity contribution in [1.82, 2.24) is 15.0 Å². The molecule has 2 aromatic carbocycles. The van der Waals surface area contributed by atoms with Gasteiger partial charge in [-0.15, -0.1) is 0 Å². The maximum Gasteiger partial charge on any atom is 0.294 e. The van der Waals surface area contributed by atoms with Crippen LogP contribution in [0.25, 0.3) is 11.2 Å². The molecule has 2 aromatic heterocycles. The Morgan fingerprint density at radius 3 is 2.79 bits per heavy atom. The first kappa shape index (κ1) is 18.3. The summed E-state index contributed by atoms with van der Waals surface area (Å²) >= 11 is 1.52. The number of fused-ring (bicyclic) bond motifs is 1. The average Bonchev–Trinajstić information content (AvgIpc) is 3.13. The van der Waals surface area contributed by atoms with E-state index in [1.54, 1.807) is 13.4 Å². The van der Waals surface area contributed by atoms with Crippen LogP contribution in [0.4, 0.5) is 5.82 Å². The lowest BCUT2D eigenvalue weighted by atomic mass is 10.1. The second-order valence-electron chi connectivity index (χ2n) is 6.56. The highest BCUT2D eigenvalue weighted by molar-refractivity contribution is 7.99. The van der Waals surface area contributed by atoms with Crippen molar-refractivity contribution in [1.29, 1.82) is 0 Å². The minimum Gasteiger partial charge on any atom is -0.496 e. The molecule has 0 bridgehead atoms. The molecule has 6 nitrogen and oxygen atoms in total. The largest absolute Gasteiger partial charge is 0.496 e. The van der Waals surface area contributed by atoms with Crippen LogP contribution >= 0.6 is 11.8 Å². The third-order valence-corrected chi connectivity index (χ3v) is 5.46. The van der Waals surface area contributed by atoms with Crippen LogP contribution in [0.1, 0.15) is 11.1 Å². The number of aromatic nitrogens is 4. The Bertz CT molecular complexity index is 1110. The van der Waals surface area contributed by atoms with Crippen molar-refractivity contribution in [2.75, 3.05) is 12.8 Å². The van der Waals surface area contributed by atoms with E-state index in [2.05, 4.69) is 47.2 Å². The second kappa shape index (κ2) is 7.90. The van der Waals surface area contributed by atoms with Gasteiger partial charge in [-0.25, -0.2) is 4.57 Å². The van der Waals surface area contributed by atoms with Crippen molar-refractivity contribution in [3.63, 3.8) is 0 Å². The van der Waals surface area contributed by atoms with Gasteiger partial charge in [0, 0.05) is 6.42 Å². The molecular weight excluding hydrogens is 370 g/mol. The first-order valence-corrected chi connectivity index (χ1v) is 9.86. The van der Waals surface area contributed by atoms with Gasteiger partial charge >= 0.3 is 0 Å². The highest BCUT2D eigenvalue weighted by Crippen LogP contribution is 2.35. The van der Waals surface area contributed by atoms with Gasteiger partial charge in [-0.3, -0.25) is 0 Å². The zero-order valence-corrected chi connectivity index (χ0v) is 16.7. The summed E-state index contributed by atoms with van der Waals surface area (Å²) in [6.45, 7) is 2.83. The van der Waals surface area contributed by atoms with Gasteiger partial charge in [-0.05, 0) is 41.9 Å². The van der Waals surface area contributed by atoms with Gasteiger partial charge in [0.05, 0.1) is 18.6 Å². The zero-order valence-electron chi connectivity index (χ0n) is 15.8. The van der Waals surface area contributed by atoms with E-state index < -0.39 is 0 Å². The lowest BCUT2D eigenvalue weighted by molar-refractivity contribution is -0.675. The fraction of sp³-hybridized carbons (Fsp3) is 0.190. The Morgan fingerprint density at radius 2 is 2.00 bits per heavy atom. The predicted molar refractivity (Wildman–Crippen MR) is 110 cm³/mol. The number of methoxy groups -OCH3 is 1. The Labute approximate surface area is 167 Å². The van der Waals surface area contributed by atoms with Crippen molar-refractivity contribution in [3.8, 4) is 5.75 Å². The van der Waals surface area contributed by atoms with E-state index in [0.717, 1.165) is 39.9 Å². The number of nitrogen functional groups attached to an aromatic ring is 1. The van der Waals surface area contributed by atoms with Crippen LogP contribution < -0.4 is 15.0 Å². The number of rotatable bonds is 6. The van der Waals surface area contributed by atoms with Crippen molar-refractivity contribution in [2.45, 2.75) is 29.9 Å². The average molecular weight is 393 g/mol. The third kappa shape index (κ3) is 3.80. The summed E-state index contributed by atoms with van der Waals surface area (Å²) in [7, 11) is 1.67. The van der Waals surface area contributed by atoms with Gasteiger partial charge < -0.3 is 15.5 Å². The second-order valence-corrected chi connectivity index (χ2v) is 7.59. The first-order chi connectivity index (χ1) is 13.6. The summed E-state index contributed by atoms with van der Waals surface area (Å²) < 4.78 is 7.51. The van der Waals surface area contributed by atoms with Crippen LogP contribution in [0.15, 0.2) is 64.9 Å². The summed E-state index contributed by atoms with van der Waals surface area (Å²) in [5.41, 5.74) is 10.1. The quantitative estimate of drug-likeness (QED) is 0.491. The molecule has 0 fully saturated rings. The molecule has 4 rings (SSSR count). The molecule has 0 spiro atoms. The fourth-order valence-electron chi connectivity index (χ4n) is 3.05. The first-order valence-electron chi connectivity index (χ1n) is 9.04. The molecule has 0 atom stereocenters. The van der Waals surface area contributed by atoms with Gasteiger partial charge in [0.2, 0.25) is 17.3 Å². The number of imidazole rings is 1. The summed E-state index contributed by atoms with van der Waals surface area (Å²) in [4.78, 5) is 13.4. The number of benzene rings is 2. The smallest absolute Gasteiger partial charge is 0.294 e. The van der Waals surface area contributed by atoms with Gasteiger partial charge in [0.15, 0.2) is 5.52 Å². The van der Waals surface area contributed by atoms with Crippen LogP contribution in [0.5, 0.6) is 5.75 Å².